The van der Waals surface area contributed by atoms with Crippen molar-refractivity contribution in [2.45, 2.75) is 532 Å². The Morgan fingerprint density at radius 3 is 0.637 bits per heavy atom. The lowest BCUT2D eigenvalue weighted by atomic mass is 9.45. The van der Waals surface area contributed by atoms with Crippen LogP contribution in [-0.4, -0.2) is 5.91 Å². The normalized spacial score (nSPS) is 12.7. The Morgan fingerprint density at radius 1 is 0.253 bits per heavy atom. The molecule has 544 valence electrons. The monoisotopic (exact) mass is 1280 g/mol. The van der Waals surface area contributed by atoms with Crippen LogP contribution in [0.25, 0.3) is 0 Å². The van der Waals surface area contributed by atoms with Crippen LogP contribution >= 0.6 is 0 Å². The second kappa shape index (κ2) is 67.8. The summed E-state index contributed by atoms with van der Waals surface area (Å²) in [7, 11) is 0. The average Bonchev–Trinajstić information content (AvgIpc) is 0.729. The lowest BCUT2D eigenvalue weighted by molar-refractivity contribution is -0.116. The molecule has 0 aromatic rings. The topological polar surface area (TPSA) is 43.1 Å². The Hall–Kier alpha value is -0.790. The Kier molecular flexibility index (Phi) is 67.2. The fraction of sp³-hybridized carbons (Fsp3) is 0.966. The molecule has 0 fully saturated rings. The number of primary amides is 1. The second-order valence-corrected chi connectivity index (χ2v) is 31.7. The van der Waals surface area contributed by atoms with Crippen molar-refractivity contribution in [2.24, 2.45) is 27.9 Å². The standard InChI is InChI=1S/C89H177NO/c1-11-19-27-35-43-51-59-67-75-84(76-68-60-52-44-36-28-20-12-2)89(81-73-65-57-49-41-33-25-17-7,82-74-66-58-50-42-34-26-18-8)88(79-71-63-55-47-39-31-23-15-5,80-72-64-56-48-40-32-24-16-6)83(9)85(86(90)91)87(10,77-69-61-53-45-37-29-21-13-3)78-70-62-54-46-38-30-22-14-4/h84H,11-82H2,1-10H3,(H2,90,91)/b85-83+. The molecule has 0 aliphatic carbocycles. The van der Waals surface area contributed by atoms with Gasteiger partial charge in [-0.25, -0.2) is 0 Å². The molecule has 0 spiro atoms. The van der Waals surface area contributed by atoms with Crippen molar-refractivity contribution >= 4 is 5.91 Å². The number of hydrogen-bond donors (Lipinski definition) is 1. The molecule has 91 heavy (non-hydrogen) atoms. The fourth-order valence-corrected chi connectivity index (χ4v) is 17.6. The maximum Gasteiger partial charge on any atom is 0.245 e. The Labute approximate surface area is 578 Å². The number of unbranched alkanes of at least 4 members (excludes halogenated alkanes) is 56. The van der Waals surface area contributed by atoms with Gasteiger partial charge in [0.15, 0.2) is 0 Å². The minimum Gasteiger partial charge on any atom is -0.366 e. The largest absolute Gasteiger partial charge is 0.366 e. The van der Waals surface area contributed by atoms with Gasteiger partial charge in [-0.05, 0) is 80.5 Å². The maximum absolute atomic E-state index is 15.7. The number of hydrogen-bond acceptors (Lipinski definition) is 1. The van der Waals surface area contributed by atoms with Gasteiger partial charge in [0, 0.05) is 5.57 Å². The minimum absolute atomic E-state index is 0.0221. The first-order valence-corrected chi connectivity index (χ1v) is 43.6. The van der Waals surface area contributed by atoms with Gasteiger partial charge in [-0.2, -0.15) is 0 Å². The summed E-state index contributed by atoms with van der Waals surface area (Å²) in [6, 6.07) is 0. The van der Waals surface area contributed by atoms with E-state index in [1.807, 2.05) is 0 Å². The highest BCUT2D eigenvalue weighted by Crippen LogP contribution is 2.65. The third-order valence-corrected chi connectivity index (χ3v) is 23.5. The van der Waals surface area contributed by atoms with Crippen molar-refractivity contribution in [1.82, 2.24) is 0 Å². The van der Waals surface area contributed by atoms with Crippen molar-refractivity contribution in [3.05, 3.63) is 11.1 Å². The van der Waals surface area contributed by atoms with Crippen molar-refractivity contribution < 1.29 is 4.79 Å². The molecule has 0 rings (SSSR count). The van der Waals surface area contributed by atoms with E-state index >= 15 is 4.79 Å². The predicted octanol–water partition coefficient (Wildman–Crippen LogP) is 32.6. The molecule has 0 aliphatic heterocycles. The molecule has 0 unspecified atom stereocenters. The summed E-state index contributed by atoms with van der Waals surface area (Å²) in [5.41, 5.74) is 10.1. The van der Waals surface area contributed by atoms with Gasteiger partial charge in [0.25, 0.3) is 0 Å². The van der Waals surface area contributed by atoms with Gasteiger partial charge >= 0.3 is 0 Å². The van der Waals surface area contributed by atoms with Crippen LogP contribution in [0.2, 0.25) is 0 Å². The molecule has 1 amide bonds. The zero-order valence-electron chi connectivity index (χ0n) is 65.5. The minimum atomic E-state index is -0.197. The molecule has 2 heteroatoms. The first kappa shape index (κ1) is 90.2. The van der Waals surface area contributed by atoms with Crippen LogP contribution in [-0.2, 0) is 4.79 Å². The van der Waals surface area contributed by atoms with Crippen LogP contribution < -0.4 is 5.73 Å². The Morgan fingerprint density at radius 2 is 0.429 bits per heavy atom. The summed E-state index contributed by atoms with van der Waals surface area (Å²) in [5, 5.41) is 0. The van der Waals surface area contributed by atoms with Crippen molar-refractivity contribution in [3.63, 3.8) is 0 Å². The SMILES string of the molecule is CCCCCCCCCCC(CCCCCCCCCC)C(CCCCCCCCCC)(CCCCCCCCCC)C(CCCCCCCCCC)(CCCCCCCCCC)/C(C)=C(\C(N)=O)C(C)(CCCCCCCCCC)CCCCCCCCCC. The van der Waals surface area contributed by atoms with Crippen LogP contribution in [0.15, 0.2) is 11.1 Å². The van der Waals surface area contributed by atoms with E-state index in [0.29, 0.717) is 5.92 Å². The van der Waals surface area contributed by atoms with Gasteiger partial charge in [0.2, 0.25) is 5.91 Å². The molecule has 0 heterocycles. The summed E-state index contributed by atoms with van der Waals surface area (Å²) in [6.45, 7) is 24.3. The van der Waals surface area contributed by atoms with E-state index in [4.69, 9.17) is 5.73 Å². The summed E-state index contributed by atoms with van der Waals surface area (Å²) >= 11 is 0. The predicted molar refractivity (Wildman–Crippen MR) is 416 cm³/mol. The summed E-state index contributed by atoms with van der Waals surface area (Å²) in [6.07, 6.45) is 98.4. The number of allylic oxidation sites excluding steroid dienone is 1. The Balaban J connectivity index is 9.04. The van der Waals surface area contributed by atoms with E-state index in [2.05, 4.69) is 69.2 Å². The average molecular weight is 1280 g/mol. The number of carbonyl (C=O) groups excluding carboxylic acids is 1. The molecule has 0 atom stereocenters. The molecular weight excluding hydrogens is 1100 g/mol. The van der Waals surface area contributed by atoms with Crippen molar-refractivity contribution in [1.29, 1.82) is 0 Å². The van der Waals surface area contributed by atoms with Crippen LogP contribution in [0.1, 0.15) is 532 Å². The van der Waals surface area contributed by atoms with Gasteiger partial charge < -0.3 is 5.73 Å². The van der Waals surface area contributed by atoms with E-state index in [9.17, 15) is 0 Å². The van der Waals surface area contributed by atoms with Crippen molar-refractivity contribution in [3.8, 4) is 0 Å². The zero-order chi connectivity index (χ0) is 66.7. The smallest absolute Gasteiger partial charge is 0.245 e. The molecule has 2 nitrogen and oxygen atoms in total. The molecule has 0 saturated heterocycles. The van der Waals surface area contributed by atoms with E-state index in [-0.39, 0.29) is 22.2 Å². The summed E-state index contributed by atoms with van der Waals surface area (Å²) in [5.74, 6) is 0.673. The van der Waals surface area contributed by atoms with E-state index in [1.54, 1.807) is 5.57 Å². The first-order valence-electron chi connectivity index (χ1n) is 43.6. The molecule has 2 N–H and O–H groups in total. The highest BCUT2D eigenvalue weighted by atomic mass is 16.1. The highest BCUT2D eigenvalue weighted by Gasteiger charge is 2.55. The van der Waals surface area contributed by atoms with Crippen LogP contribution in [0.5, 0.6) is 0 Å². The fourth-order valence-electron chi connectivity index (χ4n) is 17.6. The summed E-state index contributed by atoms with van der Waals surface area (Å²) in [4.78, 5) is 15.7. The molecule has 0 radical (unpaired) electrons. The first-order chi connectivity index (χ1) is 44.6. The van der Waals surface area contributed by atoms with Crippen molar-refractivity contribution in [2.75, 3.05) is 0 Å². The quantitative estimate of drug-likeness (QED) is 0.0479. The lowest BCUT2D eigenvalue weighted by Gasteiger charge is -2.59. The molecular formula is C89H177NO. The van der Waals surface area contributed by atoms with Crippen LogP contribution in [0, 0.1) is 22.2 Å². The highest BCUT2D eigenvalue weighted by molar-refractivity contribution is 5.94. The second-order valence-electron chi connectivity index (χ2n) is 31.7. The maximum atomic E-state index is 15.7. The third kappa shape index (κ3) is 47.0. The van der Waals surface area contributed by atoms with Gasteiger partial charge in [0.1, 0.15) is 0 Å². The van der Waals surface area contributed by atoms with Gasteiger partial charge in [-0.3, -0.25) is 4.79 Å². The Bertz CT molecular complexity index is 1410. The number of amides is 1. The van der Waals surface area contributed by atoms with Crippen LogP contribution in [0.4, 0.5) is 0 Å². The zero-order valence-corrected chi connectivity index (χ0v) is 65.5. The molecule has 0 saturated carbocycles. The van der Waals surface area contributed by atoms with E-state index in [0.717, 1.165) is 12.8 Å². The summed E-state index contributed by atoms with van der Waals surface area (Å²) < 4.78 is 0. The third-order valence-electron chi connectivity index (χ3n) is 23.5. The van der Waals surface area contributed by atoms with Gasteiger partial charge in [-0.15, -0.1) is 0 Å². The number of nitrogens with two attached hydrogens (primary N) is 1. The van der Waals surface area contributed by atoms with E-state index < -0.39 is 0 Å². The number of rotatable bonds is 77. The van der Waals surface area contributed by atoms with E-state index in [1.165, 1.54) is 455 Å². The molecule has 0 aromatic carbocycles. The number of carbonyl (C=O) groups is 1. The van der Waals surface area contributed by atoms with Gasteiger partial charge in [0.05, 0.1) is 0 Å². The molecule has 0 bridgehead atoms. The molecule has 0 aromatic heterocycles. The van der Waals surface area contributed by atoms with Crippen LogP contribution in [0.3, 0.4) is 0 Å². The molecule has 0 aliphatic rings. The van der Waals surface area contributed by atoms with Gasteiger partial charge in [-0.1, -0.05) is 479 Å². The lowest BCUT2D eigenvalue weighted by Crippen LogP contribution is -2.50.